The third-order valence-electron chi connectivity index (χ3n) is 4.61. The summed E-state index contributed by atoms with van der Waals surface area (Å²) in [6, 6.07) is 9.38. The van der Waals surface area contributed by atoms with Crippen LogP contribution in [0.3, 0.4) is 0 Å². The minimum absolute atomic E-state index is 0. The van der Waals surface area contributed by atoms with Gasteiger partial charge in [-0.2, -0.15) is 0 Å². The second-order valence-corrected chi connectivity index (χ2v) is 5.93. The molecular formula is C17H29ClN2O2. The molecule has 5 heteroatoms. The highest BCUT2D eigenvalue weighted by atomic mass is 35.5. The van der Waals surface area contributed by atoms with Crippen LogP contribution in [-0.2, 0) is 10.3 Å². The van der Waals surface area contributed by atoms with E-state index in [4.69, 9.17) is 5.73 Å². The maximum absolute atomic E-state index is 12.4. The van der Waals surface area contributed by atoms with Crippen molar-refractivity contribution in [2.24, 2.45) is 11.1 Å². The van der Waals surface area contributed by atoms with Gasteiger partial charge in [0.15, 0.2) is 0 Å². The lowest BCUT2D eigenvalue weighted by Gasteiger charge is -2.33. The Morgan fingerprint density at radius 1 is 1.23 bits per heavy atom. The van der Waals surface area contributed by atoms with Gasteiger partial charge in [0.1, 0.15) is 5.54 Å². The average Bonchev–Trinajstić information content (AvgIpc) is 2.52. The van der Waals surface area contributed by atoms with Crippen molar-refractivity contribution in [3.63, 3.8) is 0 Å². The normalized spacial score (nSPS) is 13.9. The number of benzene rings is 1. The van der Waals surface area contributed by atoms with Gasteiger partial charge in [-0.05, 0) is 37.2 Å². The molecule has 0 aromatic heterocycles. The van der Waals surface area contributed by atoms with Crippen molar-refractivity contribution >= 4 is 18.3 Å². The number of hydrogen-bond acceptors (Lipinski definition) is 3. The molecule has 1 unspecified atom stereocenters. The van der Waals surface area contributed by atoms with Gasteiger partial charge in [-0.25, -0.2) is 0 Å². The topological polar surface area (TPSA) is 75.3 Å². The predicted octanol–water partition coefficient (Wildman–Crippen LogP) is 2.59. The summed E-state index contributed by atoms with van der Waals surface area (Å²) in [6.45, 7) is 6.58. The summed E-state index contributed by atoms with van der Waals surface area (Å²) in [5.41, 5.74) is 5.89. The molecule has 0 fully saturated rings. The number of nitrogens with one attached hydrogen (secondary N) is 1. The fraction of sp³-hybridized carbons (Fsp3) is 0.588. The third-order valence-corrected chi connectivity index (χ3v) is 4.61. The molecule has 0 aliphatic carbocycles. The number of carbonyl (C=O) groups excluding carboxylic acids is 1. The molecule has 1 amide bonds. The lowest BCUT2D eigenvalue weighted by atomic mass is 9.79. The maximum Gasteiger partial charge on any atom is 0.244 e. The number of aliphatic hydroxyl groups excluding tert-OH is 1. The van der Waals surface area contributed by atoms with Crippen LogP contribution in [0.2, 0.25) is 0 Å². The van der Waals surface area contributed by atoms with Gasteiger partial charge in [0.25, 0.3) is 0 Å². The summed E-state index contributed by atoms with van der Waals surface area (Å²) in [5, 5.41) is 12.2. The molecule has 22 heavy (non-hydrogen) atoms. The molecule has 4 N–H and O–H groups in total. The first-order chi connectivity index (χ1) is 9.91. The fourth-order valence-corrected chi connectivity index (χ4v) is 2.55. The maximum atomic E-state index is 12.4. The van der Waals surface area contributed by atoms with E-state index in [9.17, 15) is 9.90 Å². The van der Waals surface area contributed by atoms with Crippen LogP contribution < -0.4 is 11.1 Å². The van der Waals surface area contributed by atoms with Crippen molar-refractivity contribution < 1.29 is 9.90 Å². The molecule has 0 aliphatic heterocycles. The molecule has 0 aliphatic rings. The summed E-state index contributed by atoms with van der Waals surface area (Å²) < 4.78 is 0. The first kappa shape index (κ1) is 20.9. The molecule has 1 atom stereocenters. The highest BCUT2D eigenvalue weighted by Gasteiger charge is 2.33. The van der Waals surface area contributed by atoms with Crippen molar-refractivity contribution in [1.82, 2.24) is 5.32 Å². The molecule has 0 radical (unpaired) electrons. The Labute approximate surface area is 139 Å². The van der Waals surface area contributed by atoms with Crippen molar-refractivity contribution in [3.8, 4) is 0 Å². The molecule has 0 heterocycles. The summed E-state index contributed by atoms with van der Waals surface area (Å²) >= 11 is 0. The molecule has 4 nitrogen and oxygen atoms in total. The number of carbonyl (C=O) groups is 1. The number of amides is 1. The van der Waals surface area contributed by atoms with Crippen LogP contribution in [0.25, 0.3) is 0 Å². The number of rotatable bonds is 8. The number of hydrogen-bond donors (Lipinski definition) is 3. The summed E-state index contributed by atoms with van der Waals surface area (Å²) in [4.78, 5) is 12.4. The average molecular weight is 329 g/mol. The first-order valence-electron chi connectivity index (χ1n) is 7.65. The van der Waals surface area contributed by atoms with Gasteiger partial charge >= 0.3 is 0 Å². The quantitative estimate of drug-likeness (QED) is 0.686. The number of nitrogens with two attached hydrogens (primary N) is 1. The summed E-state index contributed by atoms with van der Waals surface area (Å²) in [6.07, 6.45) is 2.51. The van der Waals surface area contributed by atoms with Gasteiger partial charge in [0.2, 0.25) is 5.91 Å². The SMILES string of the molecule is CCC(CC)(CCO)CNC(=O)C(C)(N)c1ccccc1.Cl. The van der Waals surface area contributed by atoms with E-state index in [-0.39, 0.29) is 30.3 Å². The van der Waals surface area contributed by atoms with E-state index >= 15 is 0 Å². The Kier molecular flexibility index (Phi) is 8.68. The zero-order valence-corrected chi connectivity index (χ0v) is 14.6. The van der Waals surface area contributed by atoms with Gasteiger partial charge in [-0.3, -0.25) is 4.79 Å². The summed E-state index contributed by atoms with van der Waals surface area (Å²) in [5.74, 6) is -0.182. The highest BCUT2D eigenvalue weighted by molar-refractivity contribution is 5.87. The number of halogens is 1. The Morgan fingerprint density at radius 2 is 1.77 bits per heavy atom. The van der Waals surface area contributed by atoms with Gasteiger partial charge in [0.05, 0.1) is 0 Å². The van der Waals surface area contributed by atoms with Crippen molar-refractivity contribution in [3.05, 3.63) is 35.9 Å². The molecular weight excluding hydrogens is 300 g/mol. The van der Waals surface area contributed by atoms with E-state index in [1.807, 2.05) is 30.3 Å². The zero-order valence-electron chi connectivity index (χ0n) is 13.8. The Hall–Kier alpha value is -1.10. The second-order valence-electron chi connectivity index (χ2n) is 5.93. The van der Waals surface area contributed by atoms with E-state index in [2.05, 4.69) is 19.2 Å². The molecule has 126 valence electrons. The lowest BCUT2D eigenvalue weighted by molar-refractivity contribution is -0.126. The molecule has 0 spiro atoms. The van der Waals surface area contributed by atoms with Gasteiger partial charge in [0, 0.05) is 13.2 Å². The molecule has 0 saturated carbocycles. The van der Waals surface area contributed by atoms with Crippen LogP contribution in [0, 0.1) is 5.41 Å². The predicted molar refractivity (Wildman–Crippen MR) is 93.0 cm³/mol. The largest absolute Gasteiger partial charge is 0.396 e. The van der Waals surface area contributed by atoms with Crippen LogP contribution in [0.1, 0.15) is 45.6 Å². The smallest absolute Gasteiger partial charge is 0.244 e. The van der Waals surface area contributed by atoms with E-state index < -0.39 is 5.54 Å². The second kappa shape index (κ2) is 9.13. The van der Waals surface area contributed by atoms with Crippen LogP contribution >= 0.6 is 12.4 Å². The van der Waals surface area contributed by atoms with E-state index in [0.717, 1.165) is 18.4 Å². The van der Waals surface area contributed by atoms with Crippen LogP contribution in [-0.4, -0.2) is 24.2 Å². The van der Waals surface area contributed by atoms with Gasteiger partial charge in [-0.1, -0.05) is 44.2 Å². The summed E-state index contributed by atoms with van der Waals surface area (Å²) in [7, 11) is 0. The van der Waals surface area contributed by atoms with E-state index in [1.165, 1.54) is 0 Å². The van der Waals surface area contributed by atoms with Crippen LogP contribution in [0.15, 0.2) is 30.3 Å². The fourth-order valence-electron chi connectivity index (χ4n) is 2.55. The first-order valence-corrected chi connectivity index (χ1v) is 7.65. The third kappa shape index (κ3) is 4.97. The minimum atomic E-state index is -1.05. The zero-order chi connectivity index (χ0) is 15.9. The van der Waals surface area contributed by atoms with Crippen molar-refractivity contribution in [2.75, 3.05) is 13.2 Å². The Morgan fingerprint density at radius 3 is 2.23 bits per heavy atom. The van der Waals surface area contributed by atoms with Crippen molar-refractivity contribution in [1.29, 1.82) is 0 Å². The molecule has 0 bridgehead atoms. The van der Waals surface area contributed by atoms with E-state index in [1.54, 1.807) is 6.92 Å². The standard InChI is InChI=1S/C17H28N2O2.ClH/c1-4-17(5-2,11-12-20)13-19-15(21)16(3,18)14-9-7-6-8-10-14;/h6-10,20H,4-5,11-13,18H2,1-3H3,(H,19,21);1H. The van der Waals surface area contributed by atoms with Crippen LogP contribution in [0.4, 0.5) is 0 Å². The molecule has 1 aromatic carbocycles. The highest BCUT2D eigenvalue weighted by Crippen LogP contribution is 2.29. The minimum Gasteiger partial charge on any atom is -0.396 e. The number of aliphatic hydroxyl groups is 1. The van der Waals surface area contributed by atoms with Gasteiger partial charge < -0.3 is 16.2 Å². The Bertz CT molecular complexity index is 445. The molecule has 0 saturated heterocycles. The monoisotopic (exact) mass is 328 g/mol. The molecule has 1 rings (SSSR count). The van der Waals surface area contributed by atoms with Gasteiger partial charge in [-0.15, -0.1) is 12.4 Å². The van der Waals surface area contributed by atoms with E-state index in [0.29, 0.717) is 13.0 Å². The van der Waals surface area contributed by atoms with Crippen LogP contribution in [0.5, 0.6) is 0 Å². The molecule has 1 aromatic rings. The lowest BCUT2D eigenvalue weighted by Crippen LogP contribution is -2.51. The van der Waals surface area contributed by atoms with Crippen molar-refractivity contribution in [2.45, 2.75) is 45.6 Å². The Balaban J connectivity index is 0.00000441.